The Morgan fingerprint density at radius 2 is 2.06 bits per heavy atom. The van der Waals surface area contributed by atoms with Crippen molar-refractivity contribution in [2.45, 2.75) is 6.54 Å². The molecule has 4 heteroatoms. The summed E-state index contributed by atoms with van der Waals surface area (Å²) in [5, 5.41) is 11.9. The Kier molecular flexibility index (Phi) is 3.22. The maximum absolute atomic E-state index is 8.78. The van der Waals surface area contributed by atoms with E-state index in [2.05, 4.69) is 16.4 Å². The van der Waals surface area contributed by atoms with Crippen molar-refractivity contribution in [2.75, 3.05) is 11.1 Å². The molecule has 0 bridgehead atoms. The molecule has 0 atom stereocenters. The number of hydrogen-bond acceptors (Lipinski definition) is 4. The average Bonchev–Trinajstić information content (AvgIpc) is 2.37. The number of hydrogen-bond donors (Lipinski definition) is 2. The van der Waals surface area contributed by atoms with E-state index in [1.165, 1.54) is 0 Å². The van der Waals surface area contributed by atoms with Crippen LogP contribution in [0.2, 0.25) is 0 Å². The van der Waals surface area contributed by atoms with Gasteiger partial charge in [0.25, 0.3) is 0 Å². The summed E-state index contributed by atoms with van der Waals surface area (Å²) in [6, 6.07) is 15.0. The van der Waals surface area contributed by atoms with Crippen LogP contribution in [0.15, 0.2) is 42.5 Å². The quantitative estimate of drug-likeness (QED) is 0.837. The van der Waals surface area contributed by atoms with E-state index >= 15 is 0 Å². The van der Waals surface area contributed by atoms with Gasteiger partial charge >= 0.3 is 0 Å². The van der Waals surface area contributed by atoms with Crippen LogP contribution in [-0.4, -0.2) is 4.98 Å². The monoisotopic (exact) mass is 224 g/mol. The van der Waals surface area contributed by atoms with Gasteiger partial charge in [0.1, 0.15) is 11.6 Å². The zero-order valence-corrected chi connectivity index (χ0v) is 9.22. The van der Waals surface area contributed by atoms with Crippen LogP contribution in [0.3, 0.4) is 0 Å². The van der Waals surface area contributed by atoms with Crippen LogP contribution in [0.1, 0.15) is 11.1 Å². The highest BCUT2D eigenvalue weighted by Gasteiger charge is 1.97. The number of rotatable bonds is 3. The molecule has 1 heterocycles. The van der Waals surface area contributed by atoms with Gasteiger partial charge in [0, 0.05) is 6.54 Å². The SMILES string of the molecule is N#Cc1cccc(CNc2cccc(N)n2)c1. The van der Waals surface area contributed by atoms with Gasteiger partial charge < -0.3 is 11.1 Å². The second-order valence-corrected chi connectivity index (χ2v) is 3.61. The smallest absolute Gasteiger partial charge is 0.128 e. The van der Waals surface area contributed by atoms with Crippen LogP contribution in [-0.2, 0) is 6.54 Å². The van der Waals surface area contributed by atoms with Crippen molar-refractivity contribution >= 4 is 11.6 Å². The molecule has 2 aromatic rings. The van der Waals surface area contributed by atoms with Crippen molar-refractivity contribution in [3.05, 3.63) is 53.6 Å². The summed E-state index contributed by atoms with van der Waals surface area (Å²) in [7, 11) is 0. The van der Waals surface area contributed by atoms with Gasteiger partial charge in [0.2, 0.25) is 0 Å². The summed E-state index contributed by atoms with van der Waals surface area (Å²) in [6.07, 6.45) is 0. The van der Waals surface area contributed by atoms with E-state index in [-0.39, 0.29) is 0 Å². The lowest BCUT2D eigenvalue weighted by Gasteiger charge is -2.06. The van der Waals surface area contributed by atoms with Crippen LogP contribution in [0.4, 0.5) is 11.6 Å². The lowest BCUT2D eigenvalue weighted by Crippen LogP contribution is -2.02. The summed E-state index contributed by atoms with van der Waals surface area (Å²) in [6.45, 7) is 0.617. The van der Waals surface area contributed by atoms with Crippen LogP contribution >= 0.6 is 0 Å². The largest absolute Gasteiger partial charge is 0.384 e. The fourth-order valence-electron chi connectivity index (χ4n) is 1.49. The van der Waals surface area contributed by atoms with Crippen molar-refractivity contribution in [3.8, 4) is 6.07 Å². The van der Waals surface area contributed by atoms with Gasteiger partial charge in [-0.2, -0.15) is 5.26 Å². The maximum atomic E-state index is 8.78. The van der Waals surface area contributed by atoms with E-state index in [9.17, 15) is 0 Å². The van der Waals surface area contributed by atoms with Crippen molar-refractivity contribution < 1.29 is 0 Å². The normalized spacial score (nSPS) is 9.59. The zero-order valence-electron chi connectivity index (χ0n) is 9.22. The average molecular weight is 224 g/mol. The molecule has 0 spiro atoms. The molecule has 2 rings (SSSR count). The van der Waals surface area contributed by atoms with Gasteiger partial charge in [-0.25, -0.2) is 4.98 Å². The summed E-state index contributed by atoms with van der Waals surface area (Å²) < 4.78 is 0. The number of pyridine rings is 1. The lowest BCUT2D eigenvalue weighted by atomic mass is 10.1. The number of benzene rings is 1. The topological polar surface area (TPSA) is 74.7 Å². The standard InChI is InChI=1S/C13H12N4/c14-8-10-3-1-4-11(7-10)9-16-13-6-2-5-12(15)17-13/h1-7H,9H2,(H3,15,16,17). The van der Waals surface area contributed by atoms with E-state index in [0.717, 1.165) is 11.4 Å². The van der Waals surface area contributed by atoms with Crippen LogP contribution < -0.4 is 11.1 Å². The van der Waals surface area contributed by atoms with Crippen molar-refractivity contribution in [1.29, 1.82) is 5.26 Å². The third-order valence-electron chi connectivity index (χ3n) is 2.30. The molecule has 3 N–H and O–H groups in total. The molecule has 1 aromatic carbocycles. The Hall–Kier alpha value is -2.54. The third-order valence-corrected chi connectivity index (χ3v) is 2.30. The van der Waals surface area contributed by atoms with Gasteiger partial charge in [0.05, 0.1) is 11.6 Å². The Labute approximate surface area is 99.7 Å². The molecule has 0 fully saturated rings. The first-order valence-corrected chi connectivity index (χ1v) is 5.23. The molecule has 0 aliphatic carbocycles. The number of nitriles is 1. The third kappa shape index (κ3) is 2.95. The minimum Gasteiger partial charge on any atom is -0.384 e. The van der Waals surface area contributed by atoms with Crippen molar-refractivity contribution in [2.24, 2.45) is 0 Å². The Morgan fingerprint density at radius 3 is 2.82 bits per heavy atom. The molecule has 0 saturated carbocycles. The van der Waals surface area contributed by atoms with Gasteiger partial charge in [-0.15, -0.1) is 0 Å². The molecule has 1 aromatic heterocycles. The summed E-state index contributed by atoms with van der Waals surface area (Å²) in [4.78, 5) is 4.13. The predicted octanol–water partition coefficient (Wildman–Crippen LogP) is 2.15. The van der Waals surface area contributed by atoms with Gasteiger partial charge in [0.15, 0.2) is 0 Å². The zero-order chi connectivity index (χ0) is 12.1. The van der Waals surface area contributed by atoms with E-state index in [4.69, 9.17) is 11.0 Å². The Balaban J connectivity index is 2.05. The second-order valence-electron chi connectivity index (χ2n) is 3.61. The molecule has 4 nitrogen and oxygen atoms in total. The number of nitrogens with two attached hydrogens (primary N) is 1. The van der Waals surface area contributed by atoms with Crippen LogP contribution in [0.25, 0.3) is 0 Å². The summed E-state index contributed by atoms with van der Waals surface area (Å²) >= 11 is 0. The van der Waals surface area contributed by atoms with E-state index in [1.54, 1.807) is 12.1 Å². The van der Waals surface area contributed by atoms with Crippen molar-refractivity contribution in [1.82, 2.24) is 4.98 Å². The highest BCUT2D eigenvalue weighted by Crippen LogP contribution is 2.09. The van der Waals surface area contributed by atoms with Gasteiger partial charge in [-0.3, -0.25) is 0 Å². The molecule has 0 aliphatic rings. The first-order chi connectivity index (χ1) is 8.28. The highest BCUT2D eigenvalue weighted by molar-refractivity contribution is 5.43. The van der Waals surface area contributed by atoms with Crippen LogP contribution in [0, 0.1) is 11.3 Å². The van der Waals surface area contributed by atoms with E-state index in [0.29, 0.717) is 17.9 Å². The minimum atomic E-state index is 0.487. The molecule has 0 radical (unpaired) electrons. The fraction of sp³-hybridized carbons (Fsp3) is 0.0769. The second kappa shape index (κ2) is 4.99. The molecule has 0 aliphatic heterocycles. The lowest BCUT2D eigenvalue weighted by molar-refractivity contribution is 1.11. The molecule has 84 valence electrons. The summed E-state index contributed by atoms with van der Waals surface area (Å²) in [5.74, 6) is 1.22. The number of aromatic nitrogens is 1. The van der Waals surface area contributed by atoms with Gasteiger partial charge in [-0.1, -0.05) is 18.2 Å². The summed E-state index contributed by atoms with van der Waals surface area (Å²) in [5.41, 5.74) is 7.27. The van der Waals surface area contributed by atoms with Crippen molar-refractivity contribution in [3.63, 3.8) is 0 Å². The number of nitrogens with zero attached hydrogens (tertiary/aromatic N) is 2. The fourth-order valence-corrected chi connectivity index (χ4v) is 1.49. The predicted molar refractivity (Wildman–Crippen MR) is 67.1 cm³/mol. The first-order valence-electron chi connectivity index (χ1n) is 5.23. The Morgan fingerprint density at radius 1 is 1.24 bits per heavy atom. The number of nitrogen functional groups attached to an aromatic ring is 1. The maximum Gasteiger partial charge on any atom is 0.128 e. The van der Waals surface area contributed by atoms with Crippen LogP contribution in [0.5, 0.6) is 0 Å². The number of anilines is 2. The minimum absolute atomic E-state index is 0.487. The molecule has 0 amide bonds. The molecular formula is C13H12N4. The molecule has 17 heavy (non-hydrogen) atoms. The molecule has 0 unspecified atom stereocenters. The highest BCUT2D eigenvalue weighted by atomic mass is 15.0. The van der Waals surface area contributed by atoms with E-state index < -0.39 is 0 Å². The molecule has 0 saturated heterocycles. The Bertz CT molecular complexity index is 557. The first kappa shape index (κ1) is 11.0. The van der Waals surface area contributed by atoms with Gasteiger partial charge in [-0.05, 0) is 29.8 Å². The molecular weight excluding hydrogens is 212 g/mol. The van der Waals surface area contributed by atoms with E-state index in [1.807, 2.05) is 30.3 Å². The number of nitrogens with one attached hydrogen (secondary N) is 1.